The Kier molecular flexibility index (Phi) is 4.90. The van der Waals surface area contributed by atoms with Crippen molar-refractivity contribution in [1.29, 1.82) is 0 Å². The van der Waals surface area contributed by atoms with E-state index in [1.54, 1.807) is 23.7 Å². The van der Waals surface area contributed by atoms with Gasteiger partial charge in [-0.3, -0.25) is 4.90 Å². The first-order valence-electron chi connectivity index (χ1n) is 8.44. The SMILES string of the molecule is Oc1cccc2ccc(CN(CCc3c[nH]cn3)Cc3nccs3)nc12. The second-order valence-electron chi connectivity index (χ2n) is 6.10. The predicted molar refractivity (Wildman–Crippen MR) is 102 cm³/mol. The summed E-state index contributed by atoms with van der Waals surface area (Å²) in [5, 5.41) is 14.1. The van der Waals surface area contributed by atoms with Gasteiger partial charge in [0.1, 0.15) is 16.3 Å². The molecular weight excluding hydrogens is 346 g/mol. The van der Waals surface area contributed by atoms with Gasteiger partial charge >= 0.3 is 0 Å². The van der Waals surface area contributed by atoms with Crippen LogP contribution < -0.4 is 0 Å². The Balaban J connectivity index is 1.53. The van der Waals surface area contributed by atoms with Crippen molar-refractivity contribution in [2.75, 3.05) is 6.54 Å². The number of para-hydroxylation sites is 1. The maximum absolute atomic E-state index is 10.1. The molecule has 0 spiro atoms. The van der Waals surface area contributed by atoms with Crippen molar-refractivity contribution in [3.63, 3.8) is 0 Å². The average molecular weight is 365 g/mol. The zero-order valence-corrected chi connectivity index (χ0v) is 15.0. The topological polar surface area (TPSA) is 77.9 Å². The van der Waals surface area contributed by atoms with E-state index in [4.69, 9.17) is 0 Å². The number of pyridine rings is 1. The van der Waals surface area contributed by atoms with E-state index in [1.165, 1.54) is 0 Å². The molecule has 4 aromatic rings. The van der Waals surface area contributed by atoms with Crippen LogP contribution in [-0.2, 0) is 19.5 Å². The van der Waals surface area contributed by atoms with Crippen molar-refractivity contribution in [3.05, 3.63) is 70.8 Å². The lowest BCUT2D eigenvalue weighted by molar-refractivity contribution is 0.256. The molecule has 0 unspecified atom stereocenters. The van der Waals surface area contributed by atoms with Crippen molar-refractivity contribution in [2.45, 2.75) is 19.5 Å². The average Bonchev–Trinajstić information content (AvgIpc) is 3.34. The monoisotopic (exact) mass is 365 g/mol. The number of aromatic amines is 1. The molecule has 0 radical (unpaired) electrons. The van der Waals surface area contributed by atoms with Gasteiger partial charge in [0, 0.05) is 42.7 Å². The third-order valence-corrected chi connectivity index (χ3v) is 4.99. The van der Waals surface area contributed by atoms with Gasteiger partial charge in [-0.1, -0.05) is 18.2 Å². The van der Waals surface area contributed by atoms with Gasteiger partial charge in [-0.15, -0.1) is 11.3 Å². The fourth-order valence-electron chi connectivity index (χ4n) is 2.93. The molecule has 7 heteroatoms. The van der Waals surface area contributed by atoms with E-state index in [0.29, 0.717) is 12.1 Å². The van der Waals surface area contributed by atoms with Crippen LogP contribution in [0.25, 0.3) is 10.9 Å². The number of imidazole rings is 1. The summed E-state index contributed by atoms with van der Waals surface area (Å²) in [7, 11) is 0. The Hall–Kier alpha value is -2.77. The standard InChI is InChI=1S/C19H19N5OS/c25-17-3-1-2-14-4-5-16(23-19(14)17)11-24(12-18-21-7-9-26-18)8-6-15-10-20-13-22-15/h1-5,7,9-10,13,25H,6,8,11-12H2,(H,20,22). The van der Waals surface area contributed by atoms with Crippen molar-refractivity contribution in [1.82, 2.24) is 24.8 Å². The molecule has 0 aliphatic heterocycles. The van der Waals surface area contributed by atoms with Gasteiger partial charge < -0.3 is 10.1 Å². The number of aromatic hydroxyl groups is 1. The van der Waals surface area contributed by atoms with Gasteiger partial charge in [0.25, 0.3) is 0 Å². The first kappa shape index (κ1) is 16.7. The summed E-state index contributed by atoms with van der Waals surface area (Å²) in [5.74, 6) is 0.215. The number of nitrogens with zero attached hydrogens (tertiary/aromatic N) is 4. The van der Waals surface area contributed by atoms with Crippen LogP contribution in [0.15, 0.2) is 54.4 Å². The van der Waals surface area contributed by atoms with E-state index in [9.17, 15) is 5.11 Å². The lowest BCUT2D eigenvalue weighted by atomic mass is 10.2. The van der Waals surface area contributed by atoms with Crippen LogP contribution >= 0.6 is 11.3 Å². The molecule has 4 rings (SSSR count). The number of H-pyrrole nitrogens is 1. The van der Waals surface area contributed by atoms with Gasteiger partial charge in [0.15, 0.2) is 0 Å². The highest BCUT2D eigenvalue weighted by Gasteiger charge is 2.12. The zero-order valence-electron chi connectivity index (χ0n) is 14.2. The molecule has 0 saturated heterocycles. The number of thiazole rings is 1. The Morgan fingerprint density at radius 3 is 2.85 bits per heavy atom. The molecule has 1 aromatic carbocycles. The summed E-state index contributed by atoms with van der Waals surface area (Å²) in [6.45, 7) is 2.31. The highest BCUT2D eigenvalue weighted by Crippen LogP contribution is 2.23. The van der Waals surface area contributed by atoms with Crippen molar-refractivity contribution < 1.29 is 5.11 Å². The molecule has 0 saturated carbocycles. The lowest BCUT2D eigenvalue weighted by Crippen LogP contribution is -2.26. The Bertz CT molecular complexity index is 969. The van der Waals surface area contributed by atoms with E-state index in [2.05, 4.69) is 24.8 Å². The van der Waals surface area contributed by atoms with Crippen LogP contribution in [0.4, 0.5) is 0 Å². The van der Waals surface area contributed by atoms with Crippen molar-refractivity contribution in [2.24, 2.45) is 0 Å². The summed E-state index contributed by atoms with van der Waals surface area (Å²) < 4.78 is 0. The second kappa shape index (κ2) is 7.63. The van der Waals surface area contributed by atoms with Gasteiger partial charge in [0.05, 0.1) is 24.3 Å². The number of benzene rings is 1. The van der Waals surface area contributed by atoms with Gasteiger partial charge in [-0.05, 0) is 12.1 Å². The summed E-state index contributed by atoms with van der Waals surface area (Å²) in [6.07, 6.45) is 6.31. The van der Waals surface area contributed by atoms with Crippen LogP contribution in [0.2, 0.25) is 0 Å². The summed E-state index contributed by atoms with van der Waals surface area (Å²) >= 11 is 1.66. The number of phenols is 1. The van der Waals surface area contributed by atoms with Gasteiger partial charge in [-0.2, -0.15) is 0 Å². The lowest BCUT2D eigenvalue weighted by Gasteiger charge is -2.20. The molecule has 0 fully saturated rings. The largest absolute Gasteiger partial charge is 0.506 e. The normalized spacial score (nSPS) is 11.4. The molecule has 0 aliphatic rings. The quantitative estimate of drug-likeness (QED) is 0.525. The van der Waals surface area contributed by atoms with Crippen LogP contribution in [-0.4, -0.2) is 36.5 Å². The summed E-state index contributed by atoms with van der Waals surface area (Å²) in [5.41, 5.74) is 2.61. The number of aromatic nitrogens is 4. The molecule has 132 valence electrons. The molecule has 0 bridgehead atoms. The third-order valence-electron chi connectivity index (χ3n) is 4.22. The second-order valence-corrected chi connectivity index (χ2v) is 7.08. The Morgan fingerprint density at radius 1 is 1.08 bits per heavy atom. The molecule has 2 N–H and O–H groups in total. The molecule has 26 heavy (non-hydrogen) atoms. The summed E-state index contributed by atoms with van der Waals surface area (Å²) in [4.78, 5) is 18.7. The van der Waals surface area contributed by atoms with E-state index in [0.717, 1.165) is 41.3 Å². The number of hydrogen-bond donors (Lipinski definition) is 2. The minimum atomic E-state index is 0.215. The number of hydrogen-bond acceptors (Lipinski definition) is 6. The molecule has 3 aromatic heterocycles. The molecule has 0 aliphatic carbocycles. The van der Waals surface area contributed by atoms with Crippen LogP contribution in [0.3, 0.4) is 0 Å². The Labute approximate surface area is 155 Å². The van der Waals surface area contributed by atoms with Gasteiger partial charge in [0.2, 0.25) is 0 Å². The van der Waals surface area contributed by atoms with Crippen molar-refractivity contribution in [3.8, 4) is 5.75 Å². The number of fused-ring (bicyclic) bond motifs is 1. The first-order chi connectivity index (χ1) is 12.8. The maximum atomic E-state index is 10.1. The highest BCUT2D eigenvalue weighted by molar-refractivity contribution is 7.09. The van der Waals surface area contributed by atoms with E-state index < -0.39 is 0 Å². The van der Waals surface area contributed by atoms with E-state index in [1.807, 2.05) is 42.0 Å². The first-order valence-corrected chi connectivity index (χ1v) is 9.32. The van der Waals surface area contributed by atoms with Crippen LogP contribution in [0.1, 0.15) is 16.4 Å². The number of phenolic OH excluding ortho intramolecular Hbond substituents is 1. The van der Waals surface area contributed by atoms with Crippen molar-refractivity contribution >= 4 is 22.2 Å². The third kappa shape index (κ3) is 3.89. The number of rotatable bonds is 7. The van der Waals surface area contributed by atoms with E-state index >= 15 is 0 Å². The van der Waals surface area contributed by atoms with E-state index in [-0.39, 0.29) is 5.75 Å². The molecule has 0 amide bonds. The molecule has 0 atom stereocenters. The minimum Gasteiger partial charge on any atom is -0.506 e. The Morgan fingerprint density at radius 2 is 2.04 bits per heavy atom. The van der Waals surface area contributed by atoms with Crippen LogP contribution in [0.5, 0.6) is 5.75 Å². The maximum Gasteiger partial charge on any atom is 0.141 e. The fraction of sp³-hybridized carbons (Fsp3) is 0.211. The molecule has 6 nitrogen and oxygen atoms in total. The van der Waals surface area contributed by atoms with Gasteiger partial charge in [-0.25, -0.2) is 15.0 Å². The smallest absolute Gasteiger partial charge is 0.141 e. The minimum absolute atomic E-state index is 0.215. The zero-order chi connectivity index (χ0) is 17.8. The molecular formula is C19H19N5OS. The van der Waals surface area contributed by atoms with Crippen LogP contribution in [0, 0.1) is 0 Å². The fourth-order valence-corrected chi connectivity index (χ4v) is 3.58. The number of nitrogens with one attached hydrogen (secondary N) is 1. The highest BCUT2D eigenvalue weighted by atomic mass is 32.1. The molecule has 3 heterocycles. The predicted octanol–water partition coefficient (Wildman–Crippen LogP) is 3.36. The summed E-state index contributed by atoms with van der Waals surface area (Å²) in [6, 6.07) is 9.48.